The second-order valence-electron chi connectivity index (χ2n) is 8.27. The van der Waals surface area contributed by atoms with E-state index in [-0.39, 0.29) is 29.3 Å². The molecule has 0 bridgehead atoms. The van der Waals surface area contributed by atoms with Gasteiger partial charge in [0.15, 0.2) is 0 Å². The van der Waals surface area contributed by atoms with E-state index in [1.165, 1.54) is 32.4 Å². The van der Waals surface area contributed by atoms with Gasteiger partial charge in [-0.2, -0.15) is 0 Å². The third kappa shape index (κ3) is 5.29. The van der Waals surface area contributed by atoms with Crippen LogP contribution in [0.5, 0.6) is 0 Å². The van der Waals surface area contributed by atoms with Crippen LogP contribution >= 0.6 is 0 Å². The van der Waals surface area contributed by atoms with Gasteiger partial charge in [-0.05, 0) is 49.2 Å². The zero-order chi connectivity index (χ0) is 25.7. The normalized spacial score (nSPS) is 12.9. The maximum atomic E-state index is 12.6. The Labute approximate surface area is 207 Å². The van der Waals surface area contributed by atoms with Gasteiger partial charge in [0.2, 0.25) is 0 Å². The van der Waals surface area contributed by atoms with E-state index < -0.39 is 18.0 Å². The summed E-state index contributed by atoms with van der Waals surface area (Å²) in [6.07, 6.45) is 3.72. The summed E-state index contributed by atoms with van der Waals surface area (Å²) < 4.78 is 11.3. The third-order valence-corrected chi connectivity index (χ3v) is 5.99. The van der Waals surface area contributed by atoms with Crippen molar-refractivity contribution in [1.82, 2.24) is 19.8 Å². The number of methoxy groups -OCH3 is 2. The highest BCUT2D eigenvalue weighted by molar-refractivity contribution is 6.03. The monoisotopic (exact) mass is 493 g/mol. The molecule has 0 saturated carbocycles. The zero-order valence-electron chi connectivity index (χ0n) is 20.1. The van der Waals surface area contributed by atoms with Crippen molar-refractivity contribution in [1.29, 1.82) is 0 Å². The molecule has 0 spiro atoms. The maximum absolute atomic E-state index is 12.6. The van der Waals surface area contributed by atoms with Crippen molar-refractivity contribution in [2.45, 2.75) is 19.4 Å². The van der Waals surface area contributed by atoms with Crippen molar-refractivity contribution in [2.24, 2.45) is 0 Å². The minimum absolute atomic E-state index is 0.0184. The van der Waals surface area contributed by atoms with E-state index in [0.29, 0.717) is 17.6 Å². The van der Waals surface area contributed by atoms with Gasteiger partial charge in [0.1, 0.15) is 0 Å². The first-order chi connectivity index (χ1) is 17.4. The summed E-state index contributed by atoms with van der Waals surface area (Å²) in [7, 11) is 2.46. The number of rotatable bonds is 7. The Balaban J connectivity index is 1.39. The minimum Gasteiger partial charge on any atom is -0.465 e. The summed E-state index contributed by atoms with van der Waals surface area (Å²) in [6, 6.07) is 9.02. The Kier molecular flexibility index (Phi) is 7.47. The Morgan fingerprint density at radius 2 is 1.67 bits per heavy atom. The summed E-state index contributed by atoms with van der Waals surface area (Å²) in [5, 5.41) is 5.30. The number of hydrogen-bond donors (Lipinski definition) is 2. The summed E-state index contributed by atoms with van der Waals surface area (Å²) >= 11 is 0. The zero-order valence-corrected chi connectivity index (χ0v) is 20.1. The van der Waals surface area contributed by atoms with Gasteiger partial charge in [0.25, 0.3) is 5.91 Å². The number of amides is 3. The average molecular weight is 494 g/mol. The van der Waals surface area contributed by atoms with Crippen LogP contribution < -0.4 is 10.6 Å². The molecule has 3 aromatic rings. The highest BCUT2D eigenvalue weighted by Crippen LogP contribution is 2.20. The van der Waals surface area contributed by atoms with Crippen molar-refractivity contribution < 1.29 is 28.7 Å². The fourth-order valence-corrected chi connectivity index (χ4v) is 4.11. The predicted molar refractivity (Wildman–Crippen MR) is 131 cm³/mol. The van der Waals surface area contributed by atoms with E-state index in [9.17, 15) is 19.2 Å². The van der Waals surface area contributed by atoms with E-state index in [1.807, 2.05) is 15.5 Å². The van der Waals surface area contributed by atoms with Gasteiger partial charge < -0.3 is 29.6 Å². The molecule has 1 aromatic heterocycles. The Bertz CT molecular complexity index is 1310. The second kappa shape index (κ2) is 10.9. The number of urea groups is 1. The number of ether oxygens (including phenoxy) is 2. The molecule has 1 fully saturated rings. The quantitative estimate of drug-likeness (QED) is 0.484. The molecule has 0 aliphatic carbocycles. The molecule has 11 nitrogen and oxygen atoms in total. The summed E-state index contributed by atoms with van der Waals surface area (Å²) in [4.78, 5) is 55.3. The largest absolute Gasteiger partial charge is 0.465 e. The molecule has 1 saturated heterocycles. The molecule has 0 atom stereocenters. The third-order valence-electron chi connectivity index (χ3n) is 5.99. The van der Waals surface area contributed by atoms with Crippen LogP contribution in [0.4, 0.5) is 10.5 Å². The van der Waals surface area contributed by atoms with Gasteiger partial charge >= 0.3 is 18.0 Å². The molecule has 11 heteroatoms. The lowest BCUT2D eigenvalue weighted by Gasteiger charge is -2.15. The highest BCUT2D eigenvalue weighted by atomic mass is 16.5. The number of nitrogens with zero attached hydrogens (tertiary/aromatic N) is 3. The van der Waals surface area contributed by atoms with E-state index in [0.717, 1.165) is 31.4 Å². The van der Waals surface area contributed by atoms with E-state index in [4.69, 9.17) is 9.47 Å². The van der Waals surface area contributed by atoms with Crippen molar-refractivity contribution in [3.63, 3.8) is 0 Å². The number of anilines is 1. The number of fused-ring (bicyclic) bond motifs is 1. The number of imidazole rings is 1. The molecule has 0 unspecified atom stereocenters. The molecule has 0 radical (unpaired) electrons. The number of nitrogens with one attached hydrogen (secondary N) is 2. The average Bonchev–Trinajstić information content (AvgIpc) is 3.57. The van der Waals surface area contributed by atoms with Crippen LogP contribution in [0.25, 0.3) is 11.0 Å². The smallest absolute Gasteiger partial charge is 0.339 e. The molecule has 3 amide bonds. The number of carbonyl (C=O) groups is 4. The van der Waals surface area contributed by atoms with Gasteiger partial charge in [0, 0.05) is 31.7 Å². The Hall–Kier alpha value is -4.41. The predicted octanol–water partition coefficient (Wildman–Crippen LogP) is 2.67. The second-order valence-corrected chi connectivity index (χ2v) is 8.27. The van der Waals surface area contributed by atoms with E-state index in [1.54, 1.807) is 18.5 Å². The molecule has 4 rings (SSSR count). The van der Waals surface area contributed by atoms with Gasteiger partial charge in [-0.1, -0.05) is 0 Å². The van der Waals surface area contributed by atoms with Crippen LogP contribution in [0.2, 0.25) is 0 Å². The lowest BCUT2D eigenvalue weighted by atomic mass is 10.1. The van der Waals surface area contributed by atoms with Crippen LogP contribution in [0.3, 0.4) is 0 Å². The molecular formula is C25H27N5O6. The van der Waals surface area contributed by atoms with Gasteiger partial charge in [-0.15, -0.1) is 0 Å². The highest BCUT2D eigenvalue weighted by Gasteiger charge is 2.20. The fraction of sp³-hybridized carbons (Fsp3) is 0.320. The van der Waals surface area contributed by atoms with Gasteiger partial charge in [-0.25, -0.2) is 19.4 Å². The molecule has 188 valence electrons. The molecular weight excluding hydrogens is 466 g/mol. The van der Waals surface area contributed by atoms with Crippen LogP contribution in [0.15, 0.2) is 42.7 Å². The lowest BCUT2D eigenvalue weighted by Crippen LogP contribution is -2.32. The first kappa shape index (κ1) is 24.7. The number of aromatic nitrogens is 2. The topological polar surface area (TPSA) is 132 Å². The fourth-order valence-electron chi connectivity index (χ4n) is 4.11. The number of likely N-dealkylation sites (tertiary alicyclic amines) is 1. The Morgan fingerprint density at radius 3 is 2.39 bits per heavy atom. The number of carbonyl (C=O) groups excluding carboxylic acids is 4. The summed E-state index contributed by atoms with van der Waals surface area (Å²) in [5.41, 5.74) is 2.54. The van der Waals surface area contributed by atoms with E-state index >= 15 is 0 Å². The number of hydrogen-bond acceptors (Lipinski definition) is 7. The van der Waals surface area contributed by atoms with Crippen LogP contribution in [-0.4, -0.2) is 72.2 Å². The van der Waals surface area contributed by atoms with Crippen LogP contribution in [0, 0.1) is 0 Å². The van der Waals surface area contributed by atoms with E-state index in [2.05, 4.69) is 15.6 Å². The van der Waals surface area contributed by atoms with Crippen molar-refractivity contribution >= 4 is 40.6 Å². The first-order valence-corrected chi connectivity index (χ1v) is 11.5. The van der Waals surface area contributed by atoms with Crippen LogP contribution in [0.1, 0.15) is 43.9 Å². The van der Waals surface area contributed by atoms with Crippen LogP contribution in [-0.2, 0) is 16.0 Å². The molecule has 1 aliphatic heterocycles. The molecule has 2 heterocycles. The lowest BCUT2D eigenvalue weighted by molar-refractivity contribution is 0.0587. The standard InChI is InChI=1S/C25H27N5O6/c1-35-23(32)17-5-7-18(24(33)36-2)19(14-17)28-25(34)26-9-12-30-15-27-20-13-16(6-8-21(20)30)22(31)29-10-3-4-11-29/h5-8,13-15H,3-4,9-12H2,1-2H3,(H2,26,28,34). The maximum Gasteiger partial charge on any atom is 0.339 e. The minimum atomic E-state index is -0.658. The number of benzene rings is 2. The molecule has 36 heavy (non-hydrogen) atoms. The summed E-state index contributed by atoms with van der Waals surface area (Å²) in [6.45, 7) is 2.26. The van der Waals surface area contributed by atoms with Crippen molar-refractivity contribution in [2.75, 3.05) is 39.2 Å². The SMILES string of the molecule is COC(=O)c1ccc(C(=O)OC)c(NC(=O)NCCn2cnc3cc(C(=O)N4CCCC4)ccc32)c1. The van der Waals surface area contributed by atoms with Gasteiger partial charge in [0.05, 0.1) is 48.4 Å². The summed E-state index contributed by atoms with van der Waals surface area (Å²) in [5.74, 6) is -1.24. The number of esters is 2. The molecule has 2 N–H and O–H groups in total. The molecule has 1 aliphatic rings. The Morgan fingerprint density at radius 1 is 0.944 bits per heavy atom. The molecule has 2 aromatic carbocycles. The van der Waals surface area contributed by atoms with Crippen molar-refractivity contribution in [3.05, 3.63) is 59.4 Å². The van der Waals surface area contributed by atoms with Crippen molar-refractivity contribution in [3.8, 4) is 0 Å². The first-order valence-electron chi connectivity index (χ1n) is 11.5. The van der Waals surface area contributed by atoms with Gasteiger partial charge in [-0.3, -0.25) is 4.79 Å².